The molecule has 0 fully saturated rings. The van der Waals surface area contributed by atoms with Crippen molar-refractivity contribution in [3.05, 3.63) is 84.1 Å². The number of aromatic hydroxyl groups is 1. The normalized spacial score (nSPS) is 11.4. The summed E-state index contributed by atoms with van der Waals surface area (Å²) in [7, 11) is 0. The topological polar surface area (TPSA) is 131 Å². The van der Waals surface area contributed by atoms with Gasteiger partial charge in [-0.3, -0.25) is 9.59 Å². The van der Waals surface area contributed by atoms with Gasteiger partial charge in [0.05, 0.1) is 12.0 Å². The van der Waals surface area contributed by atoms with E-state index in [1.165, 1.54) is 24.5 Å². The second-order valence-electron chi connectivity index (χ2n) is 10.2. The van der Waals surface area contributed by atoms with Crippen molar-refractivity contribution < 1.29 is 23.5 Å². The fourth-order valence-electron chi connectivity index (χ4n) is 4.91. The fourth-order valence-corrected chi connectivity index (χ4v) is 4.91. The molecule has 9 nitrogen and oxygen atoms in total. The first-order chi connectivity index (χ1) is 20.7. The molecule has 1 unspecified atom stereocenters. The molecule has 2 aromatic heterocycles. The summed E-state index contributed by atoms with van der Waals surface area (Å²) in [6, 6.07) is 17.2. The van der Waals surface area contributed by atoms with Crippen LogP contribution in [0.1, 0.15) is 56.2 Å². The Balaban J connectivity index is 0.00000529. The minimum Gasteiger partial charge on any atom is -0.507 e. The van der Waals surface area contributed by atoms with E-state index in [2.05, 4.69) is 40.4 Å². The molecule has 11 heteroatoms. The van der Waals surface area contributed by atoms with Gasteiger partial charge >= 0.3 is 0 Å². The largest absolute Gasteiger partial charge is 0.507 e. The van der Waals surface area contributed by atoms with Crippen molar-refractivity contribution >= 4 is 35.7 Å². The lowest BCUT2D eigenvalue weighted by Crippen LogP contribution is -2.37. The van der Waals surface area contributed by atoms with Gasteiger partial charge in [0, 0.05) is 35.3 Å². The predicted molar refractivity (Wildman–Crippen MR) is 170 cm³/mol. The maximum absolute atomic E-state index is 13.8. The Labute approximate surface area is 262 Å². The van der Waals surface area contributed by atoms with Crippen molar-refractivity contribution in [1.82, 2.24) is 9.88 Å². The highest BCUT2D eigenvalue weighted by molar-refractivity contribution is 6.03. The fraction of sp³-hybridized carbons (Fsp3) is 0.273. The Hall–Kier alpha value is -4.72. The molecule has 0 aliphatic rings. The smallest absolute Gasteiger partial charge is 0.292 e. The molecule has 4 aromatic rings. The summed E-state index contributed by atoms with van der Waals surface area (Å²) < 4.78 is 18.9. The molecule has 230 valence electrons. The third kappa shape index (κ3) is 8.22. The Bertz CT molecular complexity index is 1630. The van der Waals surface area contributed by atoms with Crippen LogP contribution < -0.4 is 10.6 Å². The molecule has 44 heavy (non-hydrogen) atoms. The van der Waals surface area contributed by atoms with E-state index < -0.39 is 11.7 Å². The van der Waals surface area contributed by atoms with Gasteiger partial charge in [-0.15, -0.1) is 12.4 Å². The van der Waals surface area contributed by atoms with E-state index >= 15 is 0 Å². The Kier molecular flexibility index (Phi) is 12.0. The van der Waals surface area contributed by atoms with Gasteiger partial charge in [-0.25, -0.2) is 9.37 Å². The summed E-state index contributed by atoms with van der Waals surface area (Å²) in [5.74, 6) is -1.82. The molecule has 2 heterocycles. The van der Waals surface area contributed by atoms with Crippen LogP contribution in [0.5, 0.6) is 5.75 Å². The Morgan fingerprint density at radius 1 is 1.05 bits per heavy atom. The van der Waals surface area contributed by atoms with Crippen molar-refractivity contribution in [1.29, 1.82) is 5.26 Å². The van der Waals surface area contributed by atoms with Crippen molar-refractivity contribution in [2.75, 3.05) is 23.7 Å². The predicted octanol–water partition coefficient (Wildman–Crippen LogP) is 7.24. The van der Waals surface area contributed by atoms with Crippen LogP contribution in [0.15, 0.2) is 71.3 Å². The van der Waals surface area contributed by atoms with Crippen LogP contribution in [0.4, 0.5) is 15.9 Å². The second kappa shape index (κ2) is 15.7. The van der Waals surface area contributed by atoms with Gasteiger partial charge < -0.3 is 25.1 Å². The van der Waals surface area contributed by atoms with E-state index in [0.717, 1.165) is 32.0 Å². The van der Waals surface area contributed by atoms with Crippen LogP contribution in [0.25, 0.3) is 22.4 Å². The van der Waals surface area contributed by atoms with Gasteiger partial charge in [-0.05, 0) is 80.9 Å². The number of hydrogen-bond acceptors (Lipinski definition) is 7. The van der Waals surface area contributed by atoms with Gasteiger partial charge in [-0.2, -0.15) is 5.26 Å². The summed E-state index contributed by atoms with van der Waals surface area (Å²) in [6.07, 6.45) is 3.67. The summed E-state index contributed by atoms with van der Waals surface area (Å²) in [4.78, 5) is 32.6. The number of pyridine rings is 1. The van der Waals surface area contributed by atoms with Crippen molar-refractivity contribution in [3.63, 3.8) is 0 Å². The number of nitrogens with one attached hydrogen (secondary N) is 2. The van der Waals surface area contributed by atoms with Gasteiger partial charge in [-0.1, -0.05) is 26.0 Å². The minimum atomic E-state index is -0.633. The highest BCUT2D eigenvalue weighted by Gasteiger charge is 2.21. The Morgan fingerprint density at radius 3 is 2.43 bits per heavy atom. The van der Waals surface area contributed by atoms with E-state index in [9.17, 15) is 24.3 Å². The molecule has 3 N–H and O–H groups in total. The van der Waals surface area contributed by atoms with Crippen LogP contribution in [0.2, 0.25) is 0 Å². The zero-order valence-corrected chi connectivity index (χ0v) is 25.6. The molecule has 0 spiro atoms. The number of phenols is 1. The van der Waals surface area contributed by atoms with Crippen molar-refractivity contribution in [3.8, 4) is 34.2 Å². The number of rotatable bonds is 12. The first-order valence-corrected chi connectivity index (χ1v) is 14.2. The number of nitriles is 1. The molecule has 0 saturated carbocycles. The van der Waals surface area contributed by atoms with E-state index in [1.54, 1.807) is 36.4 Å². The molecule has 1 atom stereocenters. The quantitative estimate of drug-likeness (QED) is 0.152. The lowest BCUT2D eigenvalue weighted by atomic mass is 9.97. The number of hydrogen-bond donors (Lipinski definition) is 3. The highest BCUT2D eigenvalue weighted by atomic mass is 35.5. The molecular formula is C33H35ClFN5O4. The molecule has 0 aliphatic carbocycles. The molecule has 2 aromatic carbocycles. The monoisotopic (exact) mass is 619 g/mol. The lowest BCUT2D eigenvalue weighted by Gasteiger charge is -2.28. The molecule has 2 amide bonds. The van der Waals surface area contributed by atoms with Crippen molar-refractivity contribution in [2.45, 2.75) is 46.1 Å². The minimum absolute atomic E-state index is 0. The number of benzene rings is 2. The number of aromatic nitrogens is 1. The van der Waals surface area contributed by atoms with Crippen molar-refractivity contribution in [2.24, 2.45) is 0 Å². The average molecular weight is 620 g/mol. The summed E-state index contributed by atoms with van der Waals surface area (Å²) >= 11 is 0. The first kappa shape index (κ1) is 33.8. The zero-order chi connectivity index (χ0) is 30.9. The number of anilines is 2. The average Bonchev–Trinajstić information content (AvgIpc) is 3.52. The summed E-state index contributed by atoms with van der Waals surface area (Å²) in [5.41, 5.74) is 1.91. The van der Waals surface area contributed by atoms with Gasteiger partial charge in [0.25, 0.3) is 5.91 Å². The van der Waals surface area contributed by atoms with E-state index in [-0.39, 0.29) is 58.5 Å². The maximum atomic E-state index is 13.8. The number of phenolic OH excluding ortho intramolecular Hbond substituents is 1. The second-order valence-corrected chi connectivity index (χ2v) is 10.2. The van der Waals surface area contributed by atoms with Gasteiger partial charge in [0.2, 0.25) is 5.91 Å². The number of carbonyl (C=O) groups is 2. The first-order valence-electron chi connectivity index (χ1n) is 14.2. The molecule has 0 aliphatic heterocycles. The lowest BCUT2D eigenvalue weighted by molar-refractivity contribution is -0.117. The van der Waals surface area contributed by atoms with Crippen LogP contribution >= 0.6 is 12.4 Å². The standard InChI is InChI=1S/C33H34FN5O4.ClH/c1-4-13-39(14-5-2)21(3)16-31(41)36-24-9-6-8-22(17-24)26-19-28(25-12-11-23(34)18-29(25)40)37-32(27(26)20-35)38-33(42)30-10-7-15-43-30;/h6-12,15,17-19,21,40H,4-5,13-14,16H2,1-3H3,(H,36,41)(H,37,38,42);1H. The number of amides is 2. The number of nitrogens with zero attached hydrogens (tertiary/aromatic N) is 3. The Morgan fingerprint density at radius 2 is 1.80 bits per heavy atom. The number of carbonyl (C=O) groups excluding carboxylic acids is 2. The van der Waals surface area contributed by atoms with Crippen LogP contribution in [-0.2, 0) is 4.79 Å². The molecule has 4 rings (SSSR count). The highest BCUT2D eigenvalue weighted by Crippen LogP contribution is 2.36. The van der Waals surface area contributed by atoms with E-state index in [1.807, 2.05) is 6.92 Å². The molecular weight excluding hydrogens is 585 g/mol. The summed E-state index contributed by atoms with van der Waals surface area (Å²) in [6.45, 7) is 8.11. The van der Waals surface area contributed by atoms with E-state index in [0.29, 0.717) is 23.2 Å². The third-order valence-electron chi connectivity index (χ3n) is 6.93. The van der Waals surface area contributed by atoms with Crippen LogP contribution in [0, 0.1) is 17.1 Å². The molecule has 0 saturated heterocycles. The third-order valence-corrected chi connectivity index (χ3v) is 6.93. The van der Waals surface area contributed by atoms with Crippen LogP contribution in [-0.4, -0.2) is 45.9 Å². The maximum Gasteiger partial charge on any atom is 0.292 e. The van der Waals surface area contributed by atoms with Gasteiger partial charge in [0.15, 0.2) is 11.6 Å². The molecule has 0 bridgehead atoms. The SMILES string of the molecule is CCCN(CCC)C(C)CC(=O)Nc1cccc(-c2cc(-c3ccc(F)cc3O)nc(NC(=O)c3ccco3)c2C#N)c1.Cl. The zero-order valence-electron chi connectivity index (χ0n) is 24.8. The summed E-state index contributed by atoms with van der Waals surface area (Å²) in [5, 5.41) is 26.2. The van der Waals surface area contributed by atoms with E-state index in [4.69, 9.17) is 4.42 Å². The van der Waals surface area contributed by atoms with Crippen LogP contribution in [0.3, 0.4) is 0 Å². The number of halogens is 2. The van der Waals surface area contributed by atoms with Gasteiger partial charge in [0.1, 0.15) is 23.2 Å². The molecule has 0 radical (unpaired) electrons. The number of furan rings is 1.